The second-order valence-corrected chi connectivity index (χ2v) is 14.9. The Hall–Kier alpha value is -5.83. The van der Waals surface area contributed by atoms with E-state index in [9.17, 15) is 28.0 Å². The smallest absolute Gasteiger partial charge is 0.319 e. The van der Waals surface area contributed by atoms with Crippen LogP contribution in [-0.2, 0) is 9.59 Å². The van der Waals surface area contributed by atoms with Gasteiger partial charge in [-0.1, -0.05) is 12.1 Å². The van der Waals surface area contributed by atoms with Crippen molar-refractivity contribution >= 4 is 51.3 Å². The van der Waals surface area contributed by atoms with Crippen LogP contribution in [0.5, 0.6) is 5.75 Å². The number of alkyl halides is 2. The van der Waals surface area contributed by atoms with Gasteiger partial charge in [0.2, 0.25) is 11.8 Å². The molecule has 5 aromatic rings. The van der Waals surface area contributed by atoms with Gasteiger partial charge in [0.05, 0.1) is 28.8 Å². The van der Waals surface area contributed by atoms with Crippen molar-refractivity contribution in [1.82, 2.24) is 29.7 Å². The number of nitrogens with zero attached hydrogens (tertiary/aromatic N) is 6. The third-order valence-electron chi connectivity index (χ3n) is 11.3. The molecule has 1 N–H and O–H groups in total. The molecule has 0 radical (unpaired) electrons. The largest absolute Gasteiger partial charge is 0.494 e. The van der Waals surface area contributed by atoms with Gasteiger partial charge in [-0.05, 0) is 74.2 Å². The fourth-order valence-electron chi connectivity index (χ4n) is 8.79. The number of benzene rings is 2. The fraction of sp³-hybridized carbons (Fsp3) is 0.350. The fourth-order valence-corrected chi connectivity index (χ4v) is 8.79. The number of amides is 4. The van der Waals surface area contributed by atoms with Gasteiger partial charge in [-0.2, -0.15) is 8.78 Å². The highest BCUT2D eigenvalue weighted by Crippen LogP contribution is 2.42. The number of likely N-dealkylation sites (tertiary alicyclic amines) is 1. The van der Waals surface area contributed by atoms with Crippen LogP contribution in [0.3, 0.4) is 0 Å². The second-order valence-electron chi connectivity index (χ2n) is 14.9. The van der Waals surface area contributed by atoms with E-state index in [4.69, 9.17) is 4.74 Å². The number of hydrogen-bond donors (Lipinski definition) is 1. The molecule has 55 heavy (non-hydrogen) atoms. The Morgan fingerprint density at radius 1 is 0.909 bits per heavy atom. The molecule has 0 saturated carbocycles. The lowest BCUT2D eigenvalue weighted by Crippen LogP contribution is -2.63. The minimum Gasteiger partial charge on any atom is -0.494 e. The minimum atomic E-state index is -2.75. The van der Waals surface area contributed by atoms with Gasteiger partial charge >= 0.3 is 6.55 Å². The predicted molar refractivity (Wildman–Crippen MR) is 195 cm³/mol. The third kappa shape index (κ3) is 6.06. The molecule has 1 spiro atoms. The summed E-state index contributed by atoms with van der Waals surface area (Å²) in [5.74, 6) is -1.95. The number of nitrogens with one attached hydrogen (secondary N) is 1. The number of piperidine rings is 2. The maximum atomic E-state index is 15.6. The molecule has 3 fully saturated rings. The molecule has 1 unspecified atom stereocenters. The maximum Gasteiger partial charge on any atom is 0.319 e. The highest BCUT2D eigenvalue weighted by Gasteiger charge is 2.47. The molecule has 282 valence electrons. The minimum absolute atomic E-state index is 0.0236. The summed E-state index contributed by atoms with van der Waals surface area (Å²) in [5, 5.41) is 3.47. The number of hydrogen-bond acceptors (Lipinski definition) is 9. The predicted octanol–water partition coefficient (Wildman–Crippen LogP) is 5.56. The van der Waals surface area contributed by atoms with E-state index in [-0.39, 0.29) is 35.2 Å². The van der Waals surface area contributed by atoms with E-state index >= 15 is 4.39 Å². The zero-order chi connectivity index (χ0) is 38.0. The van der Waals surface area contributed by atoms with Crippen LogP contribution < -0.4 is 15.0 Å². The van der Waals surface area contributed by atoms with E-state index in [2.05, 4.69) is 20.2 Å². The van der Waals surface area contributed by atoms with E-state index in [0.717, 1.165) is 48.4 Å². The van der Waals surface area contributed by atoms with Crippen LogP contribution in [0, 0.1) is 11.2 Å². The van der Waals surface area contributed by atoms with E-state index in [0.29, 0.717) is 58.4 Å². The standard InChI is InChI=1S/C40H36F3N7O5/c41-30-15-24(23-3-5-26-29-19-44-11-9-31(29)49(39(42)43)33(26)16-23)18-45-35(30)48-21-40(22-48)10-1-12-47(20-40)13-2-14-55-25-4-6-27-28(17-25)38(54)50(37(27)53)32-7-8-34(51)46-36(32)52/h3-6,9,11,15-19,32,39H,1-2,7-8,10,12-14,20-22H2,(H,46,51,52). The molecule has 3 saturated heterocycles. The summed E-state index contributed by atoms with van der Waals surface area (Å²) >= 11 is 0. The summed E-state index contributed by atoms with van der Waals surface area (Å²) in [5.41, 5.74) is 2.22. The average molecular weight is 752 g/mol. The van der Waals surface area contributed by atoms with E-state index < -0.39 is 42.0 Å². The van der Waals surface area contributed by atoms with Crippen molar-refractivity contribution in [2.24, 2.45) is 5.41 Å². The quantitative estimate of drug-likeness (QED) is 0.152. The van der Waals surface area contributed by atoms with Crippen LogP contribution in [0.1, 0.15) is 59.4 Å². The van der Waals surface area contributed by atoms with Crippen molar-refractivity contribution in [2.75, 3.05) is 44.2 Å². The molecule has 0 aliphatic carbocycles. The summed E-state index contributed by atoms with van der Waals surface area (Å²) < 4.78 is 50.8. The van der Waals surface area contributed by atoms with Crippen molar-refractivity contribution < 1.29 is 37.1 Å². The molecule has 4 amide bonds. The number of ether oxygens (including phenoxy) is 1. The Kier molecular flexibility index (Phi) is 8.56. The number of rotatable bonds is 9. The number of anilines is 1. The molecule has 9 rings (SSSR count). The lowest BCUT2D eigenvalue weighted by molar-refractivity contribution is -0.136. The van der Waals surface area contributed by atoms with Crippen molar-refractivity contribution in [3.8, 4) is 16.9 Å². The van der Waals surface area contributed by atoms with Gasteiger partial charge in [0.25, 0.3) is 11.8 Å². The van der Waals surface area contributed by atoms with Gasteiger partial charge in [-0.3, -0.25) is 38.9 Å². The van der Waals surface area contributed by atoms with Gasteiger partial charge in [0, 0.05) is 72.9 Å². The molecular formula is C40H36F3N7O5. The van der Waals surface area contributed by atoms with Crippen molar-refractivity contribution in [3.05, 3.63) is 84.1 Å². The molecular weight excluding hydrogens is 715 g/mol. The maximum absolute atomic E-state index is 15.6. The highest BCUT2D eigenvalue weighted by atomic mass is 19.3. The molecule has 0 bridgehead atoms. The van der Waals surface area contributed by atoms with E-state index in [1.807, 2.05) is 4.90 Å². The number of carbonyl (C=O) groups excluding carboxylic acids is 4. The summed E-state index contributed by atoms with van der Waals surface area (Å²) in [4.78, 5) is 63.9. The molecule has 15 heteroatoms. The third-order valence-corrected chi connectivity index (χ3v) is 11.3. The van der Waals surface area contributed by atoms with Crippen molar-refractivity contribution in [3.63, 3.8) is 0 Å². The SMILES string of the molecule is O=C1CCC(N2C(=O)c3ccc(OCCCN4CCCC5(C4)CN(c4ncc(-c6ccc7c8cnccc8n(C(F)F)c7c6)cc4F)C5)cc3C2=O)C(=O)N1. The van der Waals surface area contributed by atoms with Gasteiger partial charge in [-0.15, -0.1) is 0 Å². The van der Waals surface area contributed by atoms with Gasteiger partial charge in [-0.25, -0.2) is 9.37 Å². The number of halogens is 3. The second kappa shape index (κ2) is 13.5. The monoisotopic (exact) mass is 751 g/mol. The van der Waals surface area contributed by atoms with E-state index in [1.165, 1.54) is 24.4 Å². The Morgan fingerprint density at radius 2 is 1.75 bits per heavy atom. The number of pyridine rings is 2. The van der Waals surface area contributed by atoms with Crippen LogP contribution in [0.15, 0.2) is 67.1 Å². The summed E-state index contributed by atoms with van der Waals surface area (Å²) in [6.07, 6.45) is 7.57. The summed E-state index contributed by atoms with van der Waals surface area (Å²) in [7, 11) is 0. The zero-order valence-corrected chi connectivity index (χ0v) is 29.6. The first-order valence-corrected chi connectivity index (χ1v) is 18.4. The van der Waals surface area contributed by atoms with Crippen molar-refractivity contribution in [1.29, 1.82) is 0 Å². The number of carbonyl (C=O) groups is 4. The first kappa shape index (κ1) is 34.9. The Morgan fingerprint density at radius 3 is 2.55 bits per heavy atom. The lowest BCUT2D eigenvalue weighted by Gasteiger charge is -2.55. The lowest BCUT2D eigenvalue weighted by atomic mass is 9.73. The molecule has 1 atom stereocenters. The van der Waals surface area contributed by atoms with Crippen LogP contribution in [0.2, 0.25) is 0 Å². The van der Waals surface area contributed by atoms with Crippen LogP contribution >= 0.6 is 0 Å². The van der Waals surface area contributed by atoms with Gasteiger partial charge < -0.3 is 14.5 Å². The Labute approximate surface area is 312 Å². The van der Waals surface area contributed by atoms with Gasteiger partial charge in [0.15, 0.2) is 11.6 Å². The molecule has 12 nitrogen and oxygen atoms in total. The number of aromatic nitrogens is 3. The molecule has 4 aliphatic heterocycles. The summed E-state index contributed by atoms with van der Waals surface area (Å²) in [6.45, 7) is 1.59. The Balaban J connectivity index is 0.792. The Bertz CT molecular complexity index is 2410. The molecule has 7 heterocycles. The first-order chi connectivity index (χ1) is 26.6. The molecule has 3 aromatic heterocycles. The van der Waals surface area contributed by atoms with Crippen LogP contribution in [-0.4, -0.2) is 93.3 Å². The van der Waals surface area contributed by atoms with Crippen LogP contribution in [0.4, 0.5) is 19.0 Å². The van der Waals surface area contributed by atoms with Crippen molar-refractivity contribution in [2.45, 2.75) is 44.7 Å². The number of fused-ring (bicyclic) bond motifs is 4. The molecule has 4 aliphatic rings. The topological polar surface area (TPSA) is 130 Å². The zero-order valence-electron chi connectivity index (χ0n) is 29.6. The first-order valence-electron chi connectivity index (χ1n) is 18.4. The summed E-state index contributed by atoms with van der Waals surface area (Å²) in [6, 6.07) is 11.9. The van der Waals surface area contributed by atoms with E-state index in [1.54, 1.807) is 42.7 Å². The van der Waals surface area contributed by atoms with Crippen LogP contribution in [0.25, 0.3) is 32.9 Å². The average Bonchev–Trinajstić information content (AvgIpc) is 3.62. The normalized spacial score (nSPS) is 19.8. The highest BCUT2D eigenvalue weighted by molar-refractivity contribution is 6.23. The molecule has 2 aromatic carbocycles. The number of imide groups is 2. The van der Waals surface area contributed by atoms with Gasteiger partial charge in [0.1, 0.15) is 11.8 Å².